The van der Waals surface area contributed by atoms with Crippen LogP contribution in [0.2, 0.25) is 0 Å². The molecule has 2 amide bonds. The molecular formula is C18H22N4O2. The smallest absolute Gasteiger partial charge is 0.319 e. The fourth-order valence-electron chi connectivity index (χ4n) is 2.67. The highest BCUT2D eigenvalue weighted by Crippen LogP contribution is 2.13. The number of nitrogens with zero attached hydrogens (tertiary/aromatic N) is 2. The van der Waals surface area contributed by atoms with E-state index in [0.29, 0.717) is 12.2 Å². The van der Waals surface area contributed by atoms with Gasteiger partial charge in [0.1, 0.15) is 0 Å². The van der Waals surface area contributed by atoms with Gasteiger partial charge in [0.15, 0.2) is 0 Å². The predicted molar refractivity (Wildman–Crippen MR) is 92.6 cm³/mol. The van der Waals surface area contributed by atoms with E-state index >= 15 is 0 Å². The van der Waals surface area contributed by atoms with Crippen LogP contribution < -0.4 is 10.6 Å². The number of rotatable bonds is 5. The summed E-state index contributed by atoms with van der Waals surface area (Å²) in [5, 5.41) is 5.68. The normalized spacial score (nSPS) is 15.0. The average Bonchev–Trinajstić information content (AvgIpc) is 2.63. The van der Waals surface area contributed by atoms with Crippen LogP contribution in [0.4, 0.5) is 10.5 Å². The first-order chi connectivity index (χ1) is 11.8. The molecule has 1 aromatic heterocycles. The van der Waals surface area contributed by atoms with Gasteiger partial charge in [0.2, 0.25) is 0 Å². The van der Waals surface area contributed by atoms with E-state index < -0.39 is 0 Å². The van der Waals surface area contributed by atoms with E-state index in [1.165, 1.54) is 5.56 Å². The van der Waals surface area contributed by atoms with Crippen molar-refractivity contribution in [3.05, 3.63) is 59.9 Å². The van der Waals surface area contributed by atoms with Crippen molar-refractivity contribution in [2.75, 3.05) is 31.6 Å². The molecule has 0 atom stereocenters. The van der Waals surface area contributed by atoms with Gasteiger partial charge in [-0.05, 0) is 23.3 Å². The van der Waals surface area contributed by atoms with Gasteiger partial charge < -0.3 is 15.4 Å². The van der Waals surface area contributed by atoms with Gasteiger partial charge in [-0.2, -0.15) is 0 Å². The quantitative estimate of drug-likeness (QED) is 0.884. The molecular weight excluding hydrogens is 304 g/mol. The van der Waals surface area contributed by atoms with Crippen molar-refractivity contribution in [2.24, 2.45) is 0 Å². The second-order valence-corrected chi connectivity index (χ2v) is 5.71. The molecule has 0 bridgehead atoms. The SMILES string of the molecule is O=C(NCc1ccccc1CN1CCOCC1)Nc1cccnc1. The van der Waals surface area contributed by atoms with E-state index in [-0.39, 0.29) is 6.03 Å². The van der Waals surface area contributed by atoms with Gasteiger partial charge in [-0.3, -0.25) is 9.88 Å². The lowest BCUT2D eigenvalue weighted by Gasteiger charge is -2.27. The molecule has 126 valence electrons. The summed E-state index contributed by atoms with van der Waals surface area (Å²) >= 11 is 0. The van der Waals surface area contributed by atoms with E-state index in [2.05, 4.69) is 32.7 Å². The third-order valence-electron chi connectivity index (χ3n) is 3.97. The van der Waals surface area contributed by atoms with Crippen LogP contribution >= 0.6 is 0 Å². The lowest BCUT2D eigenvalue weighted by atomic mass is 10.1. The number of hydrogen-bond acceptors (Lipinski definition) is 4. The number of urea groups is 1. The summed E-state index contributed by atoms with van der Waals surface area (Å²) < 4.78 is 5.39. The summed E-state index contributed by atoms with van der Waals surface area (Å²) in [6.45, 7) is 4.84. The number of benzene rings is 1. The van der Waals surface area contributed by atoms with Gasteiger partial charge in [0.25, 0.3) is 0 Å². The largest absolute Gasteiger partial charge is 0.379 e. The third kappa shape index (κ3) is 4.78. The molecule has 6 heteroatoms. The summed E-state index contributed by atoms with van der Waals surface area (Å²) in [4.78, 5) is 18.4. The van der Waals surface area contributed by atoms with E-state index in [4.69, 9.17) is 4.74 Å². The molecule has 0 spiro atoms. The number of nitrogens with one attached hydrogen (secondary N) is 2. The van der Waals surface area contributed by atoms with E-state index in [1.54, 1.807) is 24.5 Å². The molecule has 24 heavy (non-hydrogen) atoms. The van der Waals surface area contributed by atoms with E-state index in [9.17, 15) is 4.79 Å². The maximum Gasteiger partial charge on any atom is 0.319 e. The molecule has 1 aliphatic heterocycles. The minimum atomic E-state index is -0.232. The lowest BCUT2D eigenvalue weighted by molar-refractivity contribution is 0.0341. The highest BCUT2D eigenvalue weighted by atomic mass is 16.5. The number of hydrogen-bond donors (Lipinski definition) is 2. The van der Waals surface area contributed by atoms with Crippen LogP contribution in [-0.4, -0.2) is 42.2 Å². The zero-order valence-electron chi connectivity index (χ0n) is 13.6. The Labute approximate surface area is 141 Å². The molecule has 1 aromatic carbocycles. The van der Waals surface area contributed by atoms with Gasteiger partial charge >= 0.3 is 6.03 Å². The van der Waals surface area contributed by atoms with Gasteiger partial charge in [-0.15, -0.1) is 0 Å². The molecule has 1 aliphatic rings. The Bertz CT molecular complexity index is 657. The third-order valence-corrected chi connectivity index (χ3v) is 3.97. The molecule has 0 saturated carbocycles. The monoisotopic (exact) mass is 326 g/mol. The number of ether oxygens (including phenoxy) is 1. The molecule has 2 aromatic rings. The van der Waals surface area contributed by atoms with Crippen LogP contribution in [0.5, 0.6) is 0 Å². The fourth-order valence-corrected chi connectivity index (χ4v) is 2.67. The summed E-state index contributed by atoms with van der Waals surface area (Å²) in [5.74, 6) is 0. The van der Waals surface area contributed by atoms with Gasteiger partial charge in [0.05, 0.1) is 25.1 Å². The Kier molecular flexibility index (Phi) is 5.76. The molecule has 1 saturated heterocycles. The van der Waals surface area contributed by atoms with Crippen molar-refractivity contribution < 1.29 is 9.53 Å². The van der Waals surface area contributed by atoms with Crippen molar-refractivity contribution in [2.45, 2.75) is 13.1 Å². The lowest BCUT2D eigenvalue weighted by Crippen LogP contribution is -2.36. The summed E-state index contributed by atoms with van der Waals surface area (Å²) in [6, 6.07) is 11.6. The summed E-state index contributed by atoms with van der Waals surface area (Å²) in [7, 11) is 0. The van der Waals surface area contributed by atoms with Crippen LogP contribution in [-0.2, 0) is 17.8 Å². The number of amides is 2. The van der Waals surface area contributed by atoms with Crippen LogP contribution in [0.3, 0.4) is 0 Å². The minimum Gasteiger partial charge on any atom is -0.379 e. The minimum absolute atomic E-state index is 0.232. The molecule has 2 heterocycles. The first-order valence-corrected chi connectivity index (χ1v) is 8.13. The van der Waals surface area contributed by atoms with E-state index in [0.717, 1.165) is 38.4 Å². The van der Waals surface area contributed by atoms with Crippen molar-refractivity contribution in [1.82, 2.24) is 15.2 Å². The molecule has 1 fully saturated rings. The number of carbonyl (C=O) groups is 1. The average molecular weight is 326 g/mol. The molecule has 6 nitrogen and oxygen atoms in total. The van der Waals surface area contributed by atoms with Crippen LogP contribution in [0.25, 0.3) is 0 Å². The van der Waals surface area contributed by atoms with Gasteiger partial charge in [0, 0.05) is 32.4 Å². The number of aromatic nitrogens is 1. The molecule has 0 unspecified atom stereocenters. The van der Waals surface area contributed by atoms with Gasteiger partial charge in [-0.1, -0.05) is 24.3 Å². The van der Waals surface area contributed by atoms with Gasteiger partial charge in [-0.25, -0.2) is 4.79 Å². The fraction of sp³-hybridized carbons (Fsp3) is 0.333. The number of carbonyl (C=O) groups excluding carboxylic acids is 1. The van der Waals surface area contributed by atoms with Crippen molar-refractivity contribution in [3.63, 3.8) is 0 Å². The number of morpholine rings is 1. The van der Waals surface area contributed by atoms with Crippen LogP contribution in [0, 0.1) is 0 Å². The Balaban J connectivity index is 1.55. The molecule has 0 aliphatic carbocycles. The zero-order valence-corrected chi connectivity index (χ0v) is 13.6. The Morgan fingerprint density at radius 1 is 1.12 bits per heavy atom. The highest BCUT2D eigenvalue weighted by Gasteiger charge is 2.13. The second kappa shape index (κ2) is 8.42. The zero-order chi connectivity index (χ0) is 16.6. The number of anilines is 1. The summed E-state index contributed by atoms with van der Waals surface area (Å²) in [5.41, 5.74) is 3.04. The first kappa shape index (κ1) is 16.4. The topological polar surface area (TPSA) is 66.5 Å². The maximum absolute atomic E-state index is 12.0. The molecule has 2 N–H and O–H groups in total. The Hall–Kier alpha value is -2.44. The molecule has 3 rings (SSSR count). The predicted octanol–water partition coefficient (Wildman–Crippen LogP) is 2.24. The maximum atomic E-state index is 12.0. The van der Waals surface area contributed by atoms with Crippen LogP contribution in [0.15, 0.2) is 48.8 Å². The van der Waals surface area contributed by atoms with E-state index in [1.807, 2.05) is 12.1 Å². The highest BCUT2D eigenvalue weighted by molar-refractivity contribution is 5.88. The van der Waals surface area contributed by atoms with Crippen molar-refractivity contribution in [3.8, 4) is 0 Å². The van der Waals surface area contributed by atoms with Crippen molar-refractivity contribution >= 4 is 11.7 Å². The molecule has 0 radical (unpaired) electrons. The first-order valence-electron chi connectivity index (χ1n) is 8.13. The van der Waals surface area contributed by atoms with Crippen LogP contribution in [0.1, 0.15) is 11.1 Å². The standard InChI is InChI=1S/C18H22N4O2/c23-18(21-17-6-3-7-19-13-17)20-12-15-4-1-2-5-16(15)14-22-8-10-24-11-9-22/h1-7,13H,8-12,14H2,(H2,20,21,23). The number of pyridine rings is 1. The Morgan fingerprint density at radius 2 is 1.92 bits per heavy atom. The van der Waals surface area contributed by atoms with Crippen molar-refractivity contribution in [1.29, 1.82) is 0 Å². The second-order valence-electron chi connectivity index (χ2n) is 5.71. The summed E-state index contributed by atoms with van der Waals surface area (Å²) in [6.07, 6.45) is 3.29. The Morgan fingerprint density at radius 3 is 2.67 bits per heavy atom.